The molecule has 1 atom stereocenters. The third kappa shape index (κ3) is 3.76. The van der Waals surface area contributed by atoms with E-state index in [1.807, 2.05) is 30.3 Å². The van der Waals surface area contributed by atoms with Crippen LogP contribution in [0.2, 0.25) is 0 Å². The van der Waals surface area contributed by atoms with E-state index in [1.54, 1.807) is 6.92 Å². The van der Waals surface area contributed by atoms with Crippen LogP contribution in [0.25, 0.3) is 0 Å². The predicted octanol–water partition coefficient (Wildman–Crippen LogP) is 1.30. The predicted molar refractivity (Wildman–Crippen MR) is 98.3 cm³/mol. The Kier molecular flexibility index (Phi) is 6.08. The summed E-state index contributed by atoms with van der Waals surface area (Å²) in [5, 5.41) is 9.25. The molecular formula is C18H26N2O5S. The highest BCUT2D eigenvalue weighted by Gasteiger charge is 2.47. The standard InChI is InChI=1S/C18H26N2O5S/c1-4-26(24,25)20-12-10-18(11-13-20,15-8-6-5-7-9-15)17(23)19(3)14(2)16(21)22/h5-9,14H,4,10-13H2,1-3H3,(H,21,22). The molecule has 0 aliphatic carbocycles. The van der Waals surface area contributed by atoms with Crippen molar-refractivity contribution in [2.24, 2.45) is 0 Å². The summed E-state index contributed by atoms with van der Waals surface area (Å²) in [6.07, 6.45) is 0.650. The van der Waals surface area contributed by atoms with Crippen LogP contribution in [0.15, 0.2) is 30.3 Å². The summed E-state index contributed by atoms with van der Waals surface area (Å²) in [5.74, 6) is -1.34. The van der Waals surface area contributed by atoms with Crippen LogP contribution in [0.4, 0.5) is 0 Å². The van der Waals surface area contributed by atoms with Crippen LogP contribution in [0, 0.1) is 0 Å². The van der Waals surface area contributed by atoms with Crippen molar-refractivity contribution >= 4 is 21.9 Å². The third-order valence-corrected chi connectivity index (χ3v) is 7.21. The zero-order chi connectivity index (χ0) is 19.5. The molecule has 8 heteroatoms. The van der Waals surface area contributed by atoms with E-state index in [2.05, 4.69) is 0 Å². The Bertz CT molecular complexity index is 755. The number of carbonyl (C=O) groups is 2. The topological polar surface area (TPSA) is 95.0 Å². The molecule has 1 aromatic rings. The normalized spacial score (nSPS) is 18.9. The number of nitrogens with zero attached hydrogens (tertiary/aromatic N) is 2. The minimum Gasteiger partial charge on any atom is -0.480 e. The van der Waals surface area contributed by atoms with Crippen LogP contribution in [-0.2, 0) is 25.0 Å². The van der Waals surface area contributed by atoms with E-state index in [9.17, 15) is 23.1 Å². The van der Waals surface area contributed by atoms with Gasteiger partial charge < -0.3 is 10.0 Å². The number of benzene rings is 1. The smallest absolute Gasteiger partial charge is 0.326 e. The van der Waals surface area contributed by atoms with Gasteiger partial charge in [0.2, 0.25) is 15.9 Å². The molecule has 26 heavy (non-hydrogen) atoms. The molecule has 144 valence electrons. The minimum atomic E-state index is -3.32. The number of hydrogen-bond acceptors (Lipinski definition) is 4. The highest BCUT2D eigenvalue weighted by Crippen LogP contribution is 2.38. The molecule has 0 aromatic heterocycles. The molecule has 1 aliphatic rings. The van der Waals surface area contributed by atoms with Crippen LogP contribution < -0.4 is 0 Å². The van der Waals surface area contributed by atoms with Gasteiger partial charge >= 0.3 is 5.97 Å². The summed E-state index contributed by atoms with van der Waals surface area (Å²) in [6.45, 7) is 3.55. The van der Waals surface area contributed by atoms with Gasteiger partial charge in [0.15, 0.2) is 0 Å². The van der Waals surface area contributed by atoms with Crippen molar-refractivity contribution in [1.82, 2.24) is 9.21 Å². The fourth-order valence-corrected chi connectivity index (χ4v) is 4.50. The summed E-state index contributed by atoms with van der Waals surface area (Å²) < 4.78 is 25.7. The van der Waals surface area contributed by atoms with Crippen molar-refractivity contribution < 1.29 is 23.1 Å². The lowest BCUT2D eigenvalue weighted by atomic mass is 9.72. The Balaban J connectivity index is 2.38. The molecule has 2 rings (SSSR count). The van der Waals surface area contributed by atoms with E-state index in [1.165, 1.54) is 23.2 Å². The second kappa shape index (κ2) is 7.75. The molecule has 1 saturated heterocycles. The number of aliphatic carboxylic acids is 1. The maximum Gasteiger partial charge on any atom is 0.326 e. The Morgan fingerprint density at radius 2 is 1.77 bits per heavy atom. The van der Waals surface area contributed by atoms with Crippen molar-refractivity contribution in [3.63, 3.8) is 0 Å². The number of carboxylic acids is 1. The first-order valence-electron chi connectivity index (χ1n) is 8.69. The fourth-order valence-electron chi connectivity index (χ4n) is 3.39. The van der Waals surface area contributed by atoms with Gasteiger partial charge in [-0.15, -0.1) is 0 Å². The first-order chi connectivity index (χ1) is 12.2. The van der Waals surface area contributed by atoms with Crippen LogP contribution >= 0.6 is 0 Å². The van der Waals surface area contributed by atoms with Gasteiger partial charge in [0.1, 0.15) is 6.04 Å². The summed E-state index contributed by atoms with van der Waals surface area (Å²) in [4.78, 5) is 25.8. The van der Waals surface area contributed by atoms with E-state index in [4.69, 9.17) is 0 Å². The van der Waals surface area contributed by atoms with Gasteiger partial charge in [0.25, 0.3) is 0 Å². The monoisotopic (exact) mass is 382 g/mol. The highest BCUT2D eigenvalue weighted by molar-refractivity contribution is 7.89. The largest absolute Gasteiger partial charge is 0.480 e. The van der Waals surface area contributed by atoms with E-state index in [0.29, 0.717) is 12.8 Å². The minimum absolute atomic E-state index is 0.0231. The second-order valence-electron chi connectivity index (χ2n) is 6.68. The lowest BCUT2D eigenvalue weighted by Gasteiger charge is -2.43. The molecule has 0 saturated carbocycles. The summed E-state index contributed by atoms with van der Waals surface area (Å²) in [6, 6.07) is 8.25. The van der Waals surface area contributed by atoms with Crippen molar-refractivity contribution in [3.8, 4) is 0 Å². The lowest BCUT2D eigenvalue weighted by molar-refractivity contribution is -0.151. The lowest BCUT2D eigenvalue weighted by Crippen LogP contribution is -2.55. The van der Waals surface area contributed by atoms with Crippen LogP contribution in [0.3, 0.4) is 0 Å². The SMILES string of the molecule is CCS(=O)(=O)N1CCC(C(=O)N(C)C(C)C(=O)O)(c2ccccc2)CC1. The maximum atomic E-state index is 13.3. The zero-order valence-electron chi connectivity index (χ0n) is 15.4. The van der Waals surface area contributed by atoms with Crippen molar-refractivity contribution in [3.05, 3.63) is 35.9 Å². The molecule has 0 spiro atoms. The van der Waals surface area contributed by atoms with Crippen LogP contribution in [0.5, 0.6) is 0 Å². The molecular weight excluding hydrogens is 356 g/mol. The van der Waals surface area contributed by atoms with Crippen LogP contribution in [-0.4, -0.2) is 66.5 Å². The molecule has 1 aromatic carbocycles. The number of carboxylic acid groups (broad SMARTS) is 1. The van der Waals surface area contributed by atoms with E-state index < -0.39 is 27.4 Å². The fraction of sp³-hybridized carbons (Fsp3) is 0.556. The van der Waals surface area contributed by atoms with Gasteiger partial charge in [-0.05, 0) is 32.3 Å². The Morgan fingerprint density at radius 1 is 1.23 bits per heavy atom. The molecule has 1 fully saturated rings. The Morgan fingerprint density at radius 3 is 2.23 bits per heavy atom. The number of piperidine rings is 1. The van der Waals surface area contributed by atoms with Gasteiger partial charge in [-0.2, -0.15) is 0 Å². The van der Waals surface area contributed by atoms with Gasteiger partial charge in [-0.25, -0.2) is 17.5 Å². The van der Waals surface area contributed by atoms with E-state index >= 15 is 0 Å². The van der Waals surface area contributed by atoms with Crippen molar-refractivity contribution in [2.45, 2.75) is 38.1 Å². The molecule has 0 radical (unpaired) electrons. The maximum absolute atomic E-state index is 13.3. The van der Waals surface area contributed by atoms with Gasteiger partial charge in [-0.1, -0.05) is 30.3 Å². The Hall–Kier alpha value is -1.93. The van der Waals surface area contributed by atoms with Crippen LogP contribution in [0.1, 0.15) is 32.3 Å². The molecule has 1 unspecified atom stereocenters. The number of sulfonamides is 1. The highest BCUT2D eigenvalue weighted by atomic mass is 32.2. The summed E-state index contributed by atoms with van der Waals surface area (Å²) in [7, 11) is -1.83. The molecule has 1 aliphatic heterocycles. The molecule has 1 amide bonds. The summed E-state index contributed by atoms with van der Waals surface area (Å²) in [5.41, 5.74) is -0.123. The van der Waals surface area contributed by atoms with Gasteiger partial charge in [0, 0.05) is 20.1 Å². The van der Waals surface area contributed by atoms with Gasteiger partial charge in [-0.3, -0.25) is 4.79 Å². The van der Waals surface area contributed by atoms with Crippen molar-refractivity contribution in [2.75, 3.05) is 25.9 Å². The third-order valence-electron chi connectivity index (χ3n) is 5.33. The quantitative estimate of drug-likeness (QED) is 0.800. The molecule has 1 N–H and O–H groups in total. The number of hydrogen-bond donors (Lipinski definition) is 1. The van der Waals surface area contributed by atoms with Gasteiger partial charge in [0.05, 0.1) is 11.2 Å². The first-order valence-corrected chi connectivity index (χ1v) is 10.3. The molecule has 7 nitrogen and oxygen atoms in total. The average Bonchev–Trinajstić information content (AvgIpc) is 2.66. The number of amides is 1. The number of rotatable bonds is 6. The summed E-state index contributed by atoms with van der Waals surface area (Å²) >= 11 is 0. The molecule has 0 bridgehead atoms. The first kappa shape index (κ1) is 20.4. The molecule has 1 heterocycles. The van der Waals surface area contributed by atoms with E-state index in [-0.39, 0.29) is 24.7 Å². The number of carbonyl (C=O) groups excluding carboxylic acids is 1. The second-order valence-corrected chi connectivity index (χ2v) is 8.94. The zero-order valence-corrected chi connectivity index (χ0v) is 16.2. The number of likely N-dealkylation sites (N-methyl/N-ethyl adjacent to an activating group) is 1. The average molecular weight is 382 g/mol. The van der Waals surface area contributed by atoms with Crippen molar-refractivity contribution in [1.29, 1.82) is 0 Å². The van der Waals surface area contributed by atoms with E-state index in [0.717, 1.165) is 5.56 Å². The Labute approximate surface area is 154 Å².